The molecule has 2 aromatic rings. The number of thiophene rings is 1. The van der Waals surface area contributed by atoms with E-state index in [1.165, 1.54) is 10.1 Å². The molecule has 1 aromatic heterocycles. The Balaban J connectivity index is 1.58. The van der Waals surface area contributed by atoms with Gasteiger partial charge in [0.25, 0.3) is 0 Å². The number of hydrogen-bond donors (Lipinski definition) is 3. The van der Waals surface area contributed by atoms with E-state index >= 15 is 0 Å². The zero-order valence-electron chi connectivity index (χ0n) is 17.5. The number of allylic oxidation sites excluding steroid dienone is 3. The number of aliphatic carboxylic acids is 1. The van der Waals surface area contributed by atoms with E-state index in [2.05, 4.69) is 18.2 Å². The van der Waals surface area contributed by atoms with E-state index in [9.17, 15) is 19.8 Å². The van der Waals surface area contributed by atoms with E-state index in [0.29, 0.717) is 32.1 Å². The predicted molar refractivity (Wildman–Crippen MR) is 123 cm³/mol. The third-order valence-corrected chi connectivity index (χ3v) is 7.02. The van der Waals surface area contributed by atoms with Gasteiger partial charge in [0.2, 0.25) is 0 Å². The van der Waals surface area contributed by atoms with Crippen molar-refractivity contribution in [2.24, 2.45) is 17.8 Å². The van der Waals surface area contributed by atoms with Crippen LogP contribution in [-0.2, 0) is 16.0 Å². The highest BCUT2D eigenvalue weighted by atomic mass is 32.1. The lowest BCUT2D eigenvalue weighted by atomic mass is 9.86. The molecule has 31 heavy (non-hydrogen) atoms. The molecule has 3 rings (SSSR count). The highest BCUT2D eigenvalue weighted by molar-refractivity contribution is 7.19. The Morgan fingerprint density at radius 3 is 2.81 bits per heavy atom. The molecule has 0 amide bonds. The molecule has 1 heterocycles. The molecule has 0 saturated heterocycles. The molecule has 1 saturated carbocycles. The maximum absolute atomic E-state index is 12.5. The van der Waals surface area contributed by atoms with Gasteiger partial charge < -0.3 is 15.3 Å². The van der Waals surface area contributed by atoms with Crippen LogP contribution in [0, 0.1) is 17.8 Å². The van der Waals surface area contributed by atoms with Gasteiger partial charge in [-0.2, -0.15) is 0 Å². The molecule has 0 radical (unpaired) electrons. The zero-order chi connectivity index (χ0) is 22.2. The fourth-order valence-corrected chi connectivity index (χ4v) is 5.37. The van der Waals surface area contributed by atoms with Gasteiger partial charge in [-0.15, -0.1) is 11.3 Å². The van der Waals surface area contributed by atoms with Crippen LogP contribution in [0.4, 0.5) is 0 Å². The van der Waals surface area contributed by atoms with Crippen LogP contribution < -0.4 is 0 Å². The van der Waals surface area contributed by atoms with Crippen molar-refractivity contribution in [1.29, 1.82) is 0 Å². The number of aliphatic hydroxyl groups excluding tert-OH is 2. The van der Waals surface area contributed by atoms with Gasteiger partial charge in [-0.1, -0.05) is 42.5 Å². The van der Waals surface area contributed by atoms with Crippen molar-refractivity contribution in [3.05, 3.63) is 59.5 Å². The van der Waals surface area contributed by atoms with Crippen LogP contribution >= 0.6 is 11.3 Å². The molecule has 3 N–H and O–H groups in total. The summed E-state index contributed by atoms with van der Waals surface area (Å²) >= 11 is 1.68. The van der Waals surface area contributed by atoms with Crippen molar-refractivity contribution in [2.75, 3.05) is 6.61 Å². The van der Waals surface area contributed by atoms with Crippen LogP contribution in [0.5, 0.6) is 0 Å². The predicted octanol–water partition coefficient (Wildman–Crippen LogP) is 4.38. The molecule has 1 aliphatic carbocycles. The molecular weight excluding hydrogens is 412 g/mol. The number of Topliss-reactive ketones (excluding diaryl/α,β-unsaturated/α-hetero) is 1. The number of carboxylic acids is 1. The topological polar surface area (TPSA) is 94.8 Å². The number of benzene rings is 1. The number of unbranched alkanes of at least 4 members (excludes halogenated alkanes) is 1. The fraction of sp³-hybridized carbons (Fsp3) is 0.440. The van der Waals surface area contributed by atoms with E-state index in [4.69, 9.17) is 5.11 Å². The lowest BCUT2D eigenvalue weighted by Gasteiger charge is -2.18. The number of fused-ring (bicyclic) bond motifs is 1. The zero-order valence-corrected chi connectivity index (χ0v) is 18.3. The van der Waals surface area contributed by atoms with Gasteiger partial charge in [0.1, 0.15) is 5.78 Å². The van der Waals surface area contributed by atoms with Crippen LogP contribution in [0.25, 0.3) is 10.1 Å². The summed E-state index contributed by atoms with van der Waals surface area (Å²) < 4.78 is 1.20. The number of carbonyl (C=O) groups excluding carboxylic acids is 1. The summed E-state index contributed by atoms with van der Waals surface area (Å²) in [4.78, 5) is 24.2. The monoisotopic (exact) mass is 442 g/mol. The lowest BCUT2D eigenvalue weighted by molar-refractivity contribution is -0.137. The van der Waals surface area contributed by atoms with Gasteiger partial charge >= 0.3 is 5.97 Å². The van der Waals surface area contributed by atoms with Gasteiger partial charge in [-0.3, -0.25) is 9.59 Å². The van der Waals surface area contributed by atoms with Crippen LogP contribution in [0.15, 0.2) is 54.6 Å². The molecule has 1 unspecified atom stereocenters. The van der Waals surface area contributed by atoms with Crippen molar-refractivity contribution in [3.8, 4) is 0 Å². The second-order valence-corrected chi connectivity index (χ2v) is 9.37. The highest BCUT2D eigenvalue weighted by Crippen LogP contribution is 2.38. The normalized spacial score (nSPS) is 22.8. The number of aliphatic hydroxyl groups is 2. The average Bonchev–Trinajstić information content (AvgIpc) is 3.28. The minimum atomic E-state index is -0.801. The number of carboxylic acid groups (broad SMARTS) is 1. The van der Waals surface area contributed by atoms with Crippen molar-refractivity contribution >= 4 is 33.2 Å². The second kappa shape index (κ2) is 11.4. The maximum atomic E-state index is 12.5. The minimum absolute atomic E-state index is 0.0496. The van der Waals surface area contributed by atoms with Crippen LogP contribution in [0.2, 0.25) is 0 Å². The molecule has 1 fully saturated rings. The first kappa shape index (κ1) is 23.4. The first-order chi connectivity index (χ1) is 15.0. The Morgan fingerprint density at radius 1 is 1.26 bits per heavy atom. The third-order valence-electron chi connectivity index (χ3n) is 5.88. The van der Waals surface area contributed by atoms with E-state index in [1.807, 2.05) is 30.4 Å². The Bertz CT molecular complexity index is 911. The third kappa shape index (κ3) is 6.60. The minimum Gasteiger partial charge on any atom is -0.481 e. The number of ketones is 1. The summed E-state index contributed by atoms with van der Waals surface area (Å²) in [5, 5.41) is 30.1. The highest BCUT2D eigenvalue weighted by Gasteiger charge is 2.39. The van der Waals surface area contributed by atoms with Gasteiger partial charge in [0.05, 0.1) is 6.10 Å². The molecule has 1 aromatic carbocycles. The van der Waals surface area contributed by atoms with Crippen molar-refractivity contribution in [1.82, 2.24) is 0 Å². The summed E-state index contributed by atoms with van der Waals surface area (Å²) in [5.74, 6) is -1.09. The summed E-state index contributed by atoms with van der Waals surface area (Å²) in [6, 6.07) is 10.2. The number of rotatable bonds is 11. The van der Waals surface area contributed by atoms with Crippen LogP contribution in [-0.4, -0.2) is 39.8 Å². The largest absolute Gasteiger partial charge is 0.481 e. The van der Waals surface area contributed by atoms with E-state index < -0.39 is 12.1 Å². The van der Waals surface area contributed by atoms with Crippen LogP contribution in [0.1, 0.15) is 37.0 Å². The standard InChI is InChI=1S/C25H30O5S/c26-16-18-14-23(28)22(8-3-1-2-4-10-25(29)30)21(18)12-11-19(27)15-20-13-17-7-5-6-9-24(17)31-20/h1,3,5-7,9,11-13,18-19,21-22,26-27H,2,4,8,10,14-16H2,(H,29,30)/t18-,19?,21-,22+/m0/s1. The molecule has 1 aliphatic rings. The Labute approximate surface area is 186 Å². The van der Waals surface area contributed by atoms with E-state index in [1.54, 1.807) is 17.4 Å². The molecule has 4 atom stereocenters. The number of hydrogen-bond acceptors (Lipinski definition) is 5. The van der Waals surface area contributed by atoms with Gasteiger partial charge in [0, 0.05) is 41.4 Å². The molecule has 0 aliphatic heterocycles. The Morgan fingerprint density at radius 2 is 2.06 bits per heavy atom. The van der Waals surface area contributed by atoms with Crippen LogP contribution in [0.3, 0.4) is 0 Å². The van der Waals surface area contributed by atoms with Crippen molar-refractivity contribution in [3.63, 3.8) is 0 Å². The van der Waals surface area contributed by atoms with Gasteiger partial charge in [-0.25, -0.2) is 0 Å². The summed E-state index contributed by atoms with van der Waals surface area (Å²) in [6.45, 7) is -0.0496. The van der Waals surface area contributed by atoms with E-state index in [-0.39, 0.29) is 36.6 Å². The first-order valence-corrected chi connectivity index (χ1v) is 11.6. The van der Waals surface area contributed by atoms with Gasteiger partial charge in [0.15, 0.2) is 0 Å². The van der Waals surface area contributed by atoms with Crippen molar-refractivity contribution < 1.29 is 24.9 Å². The molecule has 0 bridgehead atoms. The molecular formula is C25H30O5S. The lowest BCUT2D eigenvalue weighted by Crippen LogP contribution is -2.18. The quantitative estimate of drug-likeness (QED) is 0.355. The van der Waals surface area contributed by atoms with E-state index in [0.717, 1.165) is 4.88 Å². The SMILES string of the molecule is O=C(O)CCCC=CC[C@H]1C(=O)C[C@@H](CO)[C@@H]1C=CC(O)Cc1cc2ccccc2s1. The number of carbonyl (C=O) groups is 2. The van der Waals surface area contributed by atoms with Gasteiger partial charge in [-0.05, 0) is 48.6 Å². The first-order valence-electron chi connectivity index (χ1n) is 10.8. The molecule has 166 valence electrons. The fourth-order valence-electron chi connectivity index (χ4n) is 4.26. The Hall–Kier alpha value is -2.28. The Kier molecular flexibility index (Phi) is 8.58. The molecule has 6 heteroatoms. The molecule has 0 spiro atoms. The smallest absolute Gasteiger partial charge is 0.303 e. The van der Waals surface area contributed by atoms with Crippen molar-refractivity contribution in [2.45, 2.75) is 44.6 Å². The maximum Gasteiger partial charge on any atom is 0.303 e. The second-order valence-electron chi connectivity index (χ2n) is 8.20. The molecule has 5 nitrogen and oxygen atoms in total. The average molecular weight is 443 g/mol. The summed E-state index contributed by atoms with van der Waals surface area (Å²) in [6.07, 6.45) is 9.75. The summed E-state index contributed by atoms with van der Waals surface area (Å²) in [5.41, 5.74) is 0. The summed E-state index contributed by atoms with van der Waals surface area (Å²) in [7, 11) is 0.